The molecule has 0 saturated carbocycles. The highest BCUT2D eigenvalue weighted by atomic mass is 32.1. The second-order valence-corrected chi connectivity index (χ2v) is 7.03. The topological polar surface area (TPSA) is 62.3 Å². The van der Waals surface area contributed by atoms with Gasteiger partial charge in [0, 0.05) is 12.1 Å². The number of nitrogens with zero attached hydrogens (tertiary/aromatic N) is 2. The second-order valence-electron chi connectivity index (χ2n) is 6.00. The third-order valence-corrected chi connectivity index (χ3v) is 5.12. The van der Waals surface area contributed by atoms with Gasteiger partial charge >= 0.3 is 6.18 Å². The van der Waals surface area contributed by atoms with Gasteiger partial charge in [-0.2, -0.15) is 13.2 Å². The van der Waals surface area contributed by atoms with E-state index in [1.807, 2.05) is 5.32 Å². The largest absolute Gasteiger partial charge is 0.405 e. The van der Waals surface area contributed by atoms with Crippen molar-refractivity contribution in [2.75, 3.05) is 13.1 Å². The fourth-order valence-electron chi connectivity index (χ4n) is 2.86. The molecule has 0 aliphatic carbocycles. The van der Waals surface area contributed by atoms with Crippen LogP contribution < -0.4 is 5.32 Å². The minimum absolute atomic E-state index is 0.198. The van der Waals surface area contributed by atoms with E-state index in [0.29, 0.717) is 11.4 Å². The summed E-state index contributed by atoms with van der Waals surface area (Å²) in [7, 11) is 0. The number of amides is 2. The predicted octanol–water partition coefficient (Wildman–Crippen LogP) is 3.23. The number of alkyl halides is 3. The molecule has 0 spiro atoms. The van der Waals surface area contributed by atoms with Crippen molar-refractivity contribution in [3.8, 4) is 10.6 Å². The lowest BCUT2D eigenvalue weighted by molar-refractivity contribution is -0.140. The fourth-order valence-corrected chi connectivity index (χ4v) is 3.76. The number of halogens is 4. The van der Waals surface area contributed by atoms with E-state index in [2.05, 4.69) is 4.98 Å². The van der Waals surface area contributed by atoms with Crippen LogP contribution in [0.25, 0.3) is 10.6 Å². The third-order valence-electron chi connectivity index (χ3n) is 4.10. The van der Waals surface area contributed by atoms with Crippen LogP contribution in [0.4, 0.5) is 17.6 Å². The molecule has 27 heavy (non-hydrogen) atoms. The first-order valence-corrected chi connectivity index (χ1v) is 8.94. The van der Waals surface area contributed by atoms with Crippen LogP contribution in [0.15, 0.2) is 30.5 Å². The lowest BCUT2D eigenvalue weighted by Gasteiger charge is -2.23. The SMILES string of the molecule is O=C(NCC(F)(F)F)C1CCCN1C(=O)c1cnc(-c2ccccc2F)s1. The first kappa shape index (κ1) is 19.3. The number of nitrogens with one attached hydrogen (secondary N) is 1. The molecule has 0 bridgehead atoms. The first-order valence-electron chi connectivity index (χ1n) is 8.12. The Kier molecular flexibility index (Phi) is 5.45. The van der Waals surface area contributed by atoms with E-state index in [0.717, 1.165) is 11.3 Å². The molecule has 5 nitrogen and oxygen atoms in total. The van der Waals surface area contributed by atoms with Gasteiger partial charge in [0.15, 0.2) is 0 Å². The molecule has 0 radical (unpaired) electrons. The van der Waals surface area contributed by atoms with Crippen molar-refractivity contribution in [1.29, 1.82) is 0 Å². The Morgan fingerprint density at radius 2 is 2.04 bits per heavy atom. The van der Waals surface area contributed by atoms with Gasteiger partial charge < -0.3 is 10.2 Å². The molecule has 1 aliphatic heterocycles. The minimum Gasteiger partial charge on any atom is -0.345 e. The summed E-state index contributed by atoms with van der Waals surface area (Å²) < 4.78 is 50.7. The Morgan fingerprint density at radius 3 is 2.74 bits per heavy atom. The van der Waals surface area contributed by atoms with Gasteiger partial charge in [0.25, 0.3) is 5.91 Å². The van der Waals surface area contributed by atoms with Crippen molar-refractivity contribution in [2.24, 2.45) is 0 Å². The molecule has 144 valence electrons. The lowest BCUT2D eigenvalue weighted by Crippen LogP contribution is -2.47. The van der Waals surface area contributed by atoms with E-state index in [1.165, 1.54) is 29.3 Å². The highest BCUT2D eigenvalue weighted by molar-refractivity contribution is 7.16. The van der Waals surface area contributed by atoms with Crippen molar-refractivity contribution in [2.45, 2.75) is 25.1 Å². The average molecular weight is 401 g/mol. The van der Waals surface area contributed by atoms with E-state index in [9.17, 15) is 27.2 Å². The quantitative estimate of drug-likeness (QED) is 0.801. The van der Waals surface area contributed by atoms with Gasteiger partial charge in [0.1, 0.15) is 28.3 Å². The first-order chi connectivity index (χ1) is 12.8. The van der Waals surface area contributed by atoms with Gasteiger partial charge in [-0.3, -0.25) is 9.59 Å². The fraction of sp³-hybridized carbons (Fsp3) is 0.353. The minimum atomic E-state index is -4.52. The molecule has 1 N–H and O–H groups in total. The molecule has 2 amide bonds. The highest BCUT2D eigenvalue weighted by Gasteiger charge is 2.37. The van der Waals surface area contributed by atoms with E-state index >= 15 is 0 Å². The molecule has 2 aromatic rings. The zero-order valence-electron chi connectivity index (χ0n) is 13.9. The number of carbonyl (C=O) groups is 2. The Balaban J connectivity index is 1.73. The van der Waals surface area contributed by atoms with Gasteiger partial charge in [0.2, 0.25) is 5.91 Å². The smallest absolute Gasteiger partial charge is 0.345 e. The molecular formula is C17H15F4N3O2S. The van der Waals surface area contributed by atoms with Gasteiger partial charge in [0.05, 0.1) is 6.20 Å². The standard InChI is InChI=1S/C17H15F4N3O2S/c18-11-5-2-1-4-10(11)15-22-8-13(27-15)16(26)24-7-3-6-12(24)14(25)23-9-17(19,20)21/h1-2,4-5,8,12H,3,6-7,9H2,(H,23,25). The van der Waals surface area contributed by atoms with Gasteiger partial charge in [-0.1, -0.05) is 12.1 Å². The molecule has 1 aromatic carbocycles. The summed E-state index contributed by atoms with van der Waals surface area (Å²) in [5.74, 6) is -1.81. The van der Waals surface area contributed by atoms with E-state index in [-0.39, 0.29) is 23.4 Å². The zero-order chi connectivity index (χ0) is 19.6. The molecule has 2 heterocycles. The number of aromatic nitrogens is 1. The summed E-state index contributed by atoms with van der Waals surface area (Å²) in [5.41, 5.74) is 0.252. The van der Waals surface area contributed by atoms with Crippen molar-refractivity contribution in [1.82, 2.24) is 15.2 Å². The van der Waals surface area contributed by atoms with Crippen LogP contribution in [0.3, 0.4) is 0 Å². The van der Waals surface area contributed by atoms with Crippen molar-refractivity contribution < 1.29 is 27.2 Å². The van der Waals surface area contributed by atoms with Gasteiger partial charge in [-0.05, 0) is 25.0 Å². The van der Waals surface area contributed by atoms with Crippen LogP contribution in [0, 0.1) is 5.82 Å². The van der Waals surface area contributed by atoms with Crippen LogP contribution >= 0.6 is 11.3 Å². The number of thiazole rings is 1. The molecule has 1 fully saturated rings. The van der Waals surface area contributed by atoms with Crippen molar-refractivity contribution >= 4 is 23.2 Å². The van der Waals surface area contributed by atoms with Crippen molar-refractivity contribution in [3.05, 3.63) is 41.2 Å². The van der Waals surface area contributed by atoms with Gasteiger partial charge in [-0.25, -0.2) is 9.37 Å². The monoisotopic (exact) mass is 401 g/mol. The maximum Gasteiger partial charge on any atom is 0.405 e. The number of likely N-dealkylation sites (tertiary alicyclic amines) is 1. The normalized spacial score (nSPS) is 17.2. The summed E-state index contributed by atoms with van der Waals surface area (Å²) in [6.07, 6.45) is -2.43. The highest BCUT2D eigenvalue weighted by Crippen LogP contribution is 2.29. The number of carbonyl (C=O) groups excluding carboxylic acids is 2. The average Bonchev–Trinajstić information content (AvgIpc) is 3.28. The second kappa shape index (κ2) is 7.63. The summed E-state index contributed by atoms with van der Waals surface area (Å²) in [4.78, 5) is 30.2. The predicted molar refractivity (Wildman–Crippen MR) is 90.6 cm³/mol. The number of benzene rings is 1. The molecule has 10 heteroatoms. The third kappa shape index (κ3) is 4.44. The molecule has 1 saturated heterocycles. The zero-order valence-corrected chi connectivity index (χ0v) is 14.7. The molecule has 1 unspecified atom stereocenters. The maximum atomic E-state index is 13.9. The Labute approximate surface area is 156 Å². The number of rotatable bonds is 4. The van der Waals surface area contributed by atoms with Crippen molar-refractivity contribution in [3.63, 3.8) is 0 Å². The lowest BCUT2D eigenvalue weighted by atomic mass is 10.2. The maximum absolute atomic E-state index is 13.9. The summed E-state index contributed by atoms with van der Waals surface area (Å²) in [5, 5.41) is 2.13. The molecular weight excluding hydrogens is 386 g/mol. The summed E-state index contributed by atoms with van der Waals surface area (Å²) in [6.45, 7) is -1.18. The van der Waals surface area contributed by atoms with Crippen LogP contribution in [0.1, 0.15) is 22.5 Å². The van der Waals surface area contributed by atoms with E-state index in [4.69, 9.17) is 0 Å². The van der Waals surface area contributed by atoms with Crippen LogP contribution in [-0.2, 0) is 4.79 Å². The van der Waals surface area contributed by atoms with Crippen LogP contribution in [0.5, 0.6) is 0 Å². The van der Waals surface area contributed by atoms with E-state index in [1.54, 1.807) is 6.07 Å². The summed E-state index contributed by atoms with van der Waals surface area (Å²) >= 11 is 0.972. The number of hydrogen-bond donors (Lipinski definition) is 1. The van der Waals surface area contributed by atoms with Gasteiger partial charge in [-0.15, -0.1) is 11.3 Å². The Hall–Kier alpha value is -2.49. The Bertz CT molecular complexity index is 853. The molecule has 3 rings (SSSR count). The number of hydrogen-bond acceptors (Lipinski definition) is 4. The van der Waals surface area contributed by atoms with Crippen LogP contribution in [-0.4, -0.2) is 47.0 Å². The Morgan fingerprint density at radius 1 is 1.30 bits per heavy atom. The van der Waals surface area contributed by atoms with E-state index < -0.39 is 36.4 Å². The summed E-state index contributed by atoms with van der Waals surface area (Å²) in [6, 6.07) is 5.03. The molecule has 1 aliphatic rings. The molecule has 1 aromatic heterocycles. The van der Waals surface area contributed by atoms with Crippen LogP contribution in [0.2, 0.25) is 0 Å². The molecule has 1 atom stereocenters.